The van der Waals surface area contributed by atoms with Crippen molar-refractivity contribution >= 4 is 5.69 Å². The molecule has 1 unspecified atom stereocenters. The van der Waals surface area contributed by atoms with Crippen LogP contribution >= 0.6 is 0 Å². The smallest absolute Gasteiger partial charge is 0.0364 e. The van der Waals surface area contributed by atoms with Crippen LogP contribution in [0.4, 0.5) is 5.69 Å². The van der Waals surface area contributed by atoms with Crippen LogP contribution in [-0.2, 0) is 0 Å². The molecule has 2 rings (SSSR count). The molecule has 0 bridgehead atoms. The van der Waals surface area contributed by atoms with E-state index in [1.807, 2.05) is 0 Å². The minimum Gasteiger partial charge on any atom is -0.378 e. The molecule has 0 saturated carbocycles. The van der Waals surface area contributed by atoms with Crippen molar-refractivity contribution in [1.29, 1.82) is 0 Å². The van der Waals surface area contributed by atoms with Gasteiger partial charge in [-0.1, -0.05) is 26.0 Å². The molecular weight excluding hydrogens is 232 g/mol. The molecule has 0 aliphatic carbocycles. The predicted octanol–water partition coefficient (Wildman–Crippen LogP) is 3.94. The fourth-order valence-corrected chi connectivity index (χ4v) is 2.91. The van der Waals surface area contributed by atoms with Gasteiger partial charge in [-0.15, -0.1) is 0 Å². The molecule has 1 saturated heterocycles. The summed E-state index contributed by atoms with van der Waals surface area (Å²) in [4.78, 5) is 4.87. The summed E-state index contributed by atoms with van der Waals surface area (Å²) in [5, 5.41) is 0. The third-order valence-corrected chi connectivity index (χ3v) is 4.13. The highest BCUT2D eigenvalue weighted by Gasteiger charge is 2.25. The maximum Gasteiger partial charge on any atom is 0.0364 e. The third kappa shape index (κ3) is 3.73. The first kappa shape index (κ1) is 14.4. The first-order valence-corrected chi connectivity index (χ1v) is 7.59. The quantitative estimate of drug-likeness (QED) is 0.791. The average Bonchev–Trinajstić information content (AvgIpc) is 2.84. The minimum absolute atomic E-state index is 0.638. The van der Waals surface area contributed by atoms with Crippen LogP contribution in [0.15, 0.2) is 24.3 Å². The van der Waals surface area contributed by atoms with Gasteiger partial charge >= 0.3 is 0 Å². The maximum atomic E-state index is 2.68. The number of hydrogen-bond acceptors (Lipinski definition) is 2. The Morgan fingerprint density at radius 1 is 1.32 bits per heavy atom. The van der Waals surface area contributed by atoms with E-state index in [4.69, 9.17) is 0 Å². The van der Waals surface area contributed by atoms with Gasteiger partial charge in [-0.05, 0) is 56.0 Å². The lowest BCUT2D eigenvalue weighted by Crippen LogP contribution is -2.25. The Labute approximate surface area is 118 Å². The zero-order chi connectivity index (χ0) is 13.8. The van der Waals surface area contributed by atoms with E-state index >= 15 is 0 Å². The molecule has 0 radical (unpaired) electrons. The van der Waals surface area contributed by atoms with Gasteiger partial charge in [0.25, 0.3) is 0 Å². The summed E-state index contributed by atoms with van der Waals surface area (Å²) < 4.78 is 0. The molecule has 19 heavy (non-hydrogen) atoms. The standard InChI is InChI=1S/C17H28N2/c1-14(2)10-12-19-11-6-9-17(19)15-7-5-8-16(13-15)18(3)4/h5,7-8,13-14,17H,6,9-12H2,1-4H3. The second kappa shape index (κ2) is 6.42. The number of benzene rings is 1. The van der Waals surface area contributed by atoms with E-state index in [1.165, 1.54) is 43.6 Å². The Balaban J connectivity index is 2.08. The van der Waals surface area contributed by atoms with E-state index in [0.29, 0.717) is 6.04 Å². The normalized spacial score (nSPS) is 20.2. The lowest BCUT2D eigenvalue weighted by molar-refractivity contribution is 0.242. The largest absolute Gasteiger partial charge is 0.378 e. The van der Waals surface area contributed by atoms with Gasteiger partial charge in [0.05, 0.1) is 0 Å². The number of rotatable bonds is 5. The van der Waals surface area contributed by atoms with Crippen molar-refractivity contribution in [1.82, 2.24) is 4.90 Å². The summed E-state index contributed by atoms with van der Waals surface area (Å²) in [6, 6.07) is 9.68. The van der Waals surface area contributed by atoms with Crippen molar-refractivity contribution in [2.45, 2.75) is 39.2 Å². The highest BCUT2D eigenvalue weighted by Crippen LogP contribution is 2.33. The maximum absolute atomic E-state index is 2.68. The monoisotopic (exact) mass is 260 g/mol. The molecule has 1 atom stereocenters. The van der Waals surface area contributed by atoms with Crippen LogP contribution in [0.25, 0.3) is 0 Å². The first-order chi connectivity index (χ1) is 9.08. The molecule has 0 N–H and O–H groups in total. The number of anilines is 1. The third-order valence-electron chi connectivity index (χ3n) is 4.13. The zero-order valence-electron chi connectivity index (χ0n) is 12.9. The Hall–Kier alpha value is -1.02. The molecule has 1 fully saturated rings. The first-order valence-electron chi connectivity index (χ1n) is 7.59. The van der Waals surface area contributed by atoms with Gasteiger partial charge in [0.1, 0.15) is 0 Å². The van der Waals surface area contributed by atoms with E-state index in [2.05, 4.69) is 62.0 Å². The van der Waals surface area contributed by atoms with Crippen molar-refractivity contribution in [3.8, 4) is 0 Å². The summed E-state index contributed by atoms with van der Waals surface area (Å²) in [5.41, 5.74) is 2.81. The summed E-state index contributed by atoms with van der Waals surface area (Å²) >= 11 is 0. The summed E-state index contributed by atoms with van der Waals surface area (Å²) in [5.74, 6) is 0.800. The van der Waals surface area contributed by atoms with Crippen molar-refractivity contribution in [2.24, 2.45) is 5.92 Å². The van der Waals surface area contributed by atoms with Crippen LogP contribution in [0.1, 0.15) is 44.7 Å². The lowest BCUT2D eigenvalue weighted by Gasteiger charge is -2.26. The van der Waals surface area contributed by atoms with Crippen LogP contribution < -0.4 is 4.90 Å². The molecule has 0 aromatic heterocycles. The van der Waals surface area contributed by atoms with Gasteiger partial charge in [0.15, 0.2) is 0 Å². The number of nitrogens with zero attached hydrogens (tertiary/aromatic N) is 2. The molecule has 0 amide bonds. The molecule has 2 nitrogen and oxygen atoms in total. The van der Waals surface area contributed by atoms with Crippen molar-refractivity contribution in [3.05, 3.63) is 29.8 Å². The molecule has 1 heterocycles. The Bertz CT molecular complexity index is 398. The fourth-order valence-electron chi connectivity index (χ4n) is 2.91. The van der Waals surface area contributed by atoms with Crippen LogP contribution in [-0.4, -0.2) is 32.1 Å². The van der Waals surface area contributed by atoms with E-state index in [1.54, 1.807) is 0 Å². The van der Waals surface area contributed by atoms with Crippen LogP contribution in [0.5, 0.6) is 0 Å². The SMILES string of the molecule is CC(C)CCN1CCCC1c1cccc(N(C)C)c1. The fraction of sp³-hybridized carbons (Fsp3) is 0.647. The average molecular weight is 260 g/mol. The molecule has 1 aliphatic heterocycles. The topological polar surface area (TPSA) is 6.48 Å². The molecular formula is C17H28N2. The second-order valence-corrected chi connectivity index (χ2v) is 6.37. The molecule has 2 heteroatoms. The van der Waals surface area contributed by atoms with Gasteiger partial charge in [-0.25, -0.2) is 0 Å². The van der Waals surface area contributed by atoms with Crippen LogP contribution in [0, 0.1) is 5.92 Å². The molecule has 1 aliphatic rings. The number of hydrogen-bond donors (Lipinski definition) is 0. The Morgan fingerprint density at radius 2 is 2.11 bits per heavy atom. The predicted molar refractivity (Wildman–Crippen MR) is 83.8 cm³/mol. The minimum atomic E-state index is 0.638. The van der Waals surface area contributed by atoms with Crippen LogP contribution in [0.3, 0.4) is 0 Å². The summed E-state index contributed by atoms with van der Waals surface area (Å²) in [7, 11) is 4.23. The highest BCUT2D eigenvalue weighted by molar-refractivity contribution is 5.48. The van der Waals surface area contributed by atoms with E-state index in [-0.39, 0.29) is 0 Å². The molecule has 1 aromatic rings. The summed E-state index contributed by atoms with van der Waals surface area (Å²) in [6.45, 7) is 7.15. The Kier molecular flexibility index (Phi) is 4.87. The Morgan fingerprint density at radius 3 is 2.79 bits per heavy atom. The van der Waals surface area contributed by atoms with Gasteiger partial charge < -0.3 is 4.90 Å². The molecule has 106 valence electrons. The van der Waals surface area contributed by atoms with Gasteiger partial charge in [-0.2, -0.15) is 0 Å². The van der Waals surface area contributed by atoms with Crippen molar-refractivity contribution in [2.75, 3.05) is 32.1 Å². The van der Waals surface area contributed by atoms with Gasteiger partial charge in [0.2, 0.25) is 0 Å². The van der Waals surface area contributed by atoms with E-state index in [0.717, 1.165) is 5.92 Å². The lowest BCUT2D eigenvalue weighted by atomic mass is 10.0. The molecule has 1 aromatic carbocycles. The van der Waals surface area contributed by atoms with E-state index < -0.39 is 0 Å². The number of likely N-dealkylation sites (tertiary alicyclic amines) is 1. The highest BCUT2D eigenvalue weighted by atomic mass is 15.2. The van der Waals surface area contributed by atoms with Gasteiger partial charge in [0, 0.05) is 25.8 Å². The van der Waals surface area contributed by atoms with Crippen LogP contribution in [0.2, 0.25) is 0 Å². The van der Waals surface area contributed by atoms with E-state index in [9.17, 15) is 0 Å². The second-order valence-electron chi connectivity index (χ2n) is 6.37. The van der Waals surface area contributed by atoms with Crippen molar-refractivity contribution in [3.63, 3.8) is 0 Å². The van der Waals surface area contributed by atoms with Crippen molar-refractivity contribution < 1.29 is 0 Å². The zero-order valence-corrected chi connectivity index (χ0v) is 12.9. The van der Waals surface area contributed by atoms with Gasteiger partial charge in [-0.3, -0.25) is 4.90 Å². The summed E-state index contributed by atoms with van der Waals surface area (Å²) in [6.07, 6.45) is 3.97. The molecule has 0 spiro atoms.